The van der Waals surface area contributed by atoms with Crippen LogP contribution in [-0.2, 0) is 32.6 Å². The average Bonchev–Trinajstić information content (AvgIpc) is 2.74. The van der Waals surface area contributed by atoms with E-state index in [9.17, 15) is 13.2 Å². The van der Waals surface area contributed by atoms with E-state index in [1.165, 1.54) is 7.05 Å². The van der Waals surface area contributed by atoms with Crippen molar-refractivity contribution in [3.63, 3.8) is 0 Å². The zero-order valence-corrected chi connectivity index (χ0v) is 20.8. The van der Waals surface area contributed by atoms with Crippen LogP contribution in [-0.4, -0.2) is 37.4 Å². The summed E-state index contributed by atoms with van der Waals surface area (Å²) in [7, 11) is -2.51. The van der Waals surface area contributed by atoms with E-state index in [0.717, 1.165) is 39.6 Å². The van der Waals surface area contributed by atoms with Gasteiger partial charge in [-0.25, -0.2) is 8.42 Å². The fraction of sp³-hybridized carbons (Fsp3) is 0.480. The Morgan fingerprint density at radius 3 is 2.38 bits per heavy atom. The number of nitrogens with zero attached hydrogens (tertiary/aromatic N) is 1. The average molecular weight is 460 g/mol. The fourth-order valence-corrected chi connectivity index (χ4v) is 5.93. The highest BCUT2D eigenvalue weighted by Crippen LogP contribution is 2.42. The molecule has 0 aliphatic carbocycles. The molecule has 0 fully saturated rings. The third-order valence-corrected chi connectivity index (χ3v) is 8.62. The molecule has 0 saturated carbocycles. The van der Waals surface area contributed by atoms with Gasteiger partial charge in [0.2, 0.25) is 10.0 Å². The van der Waals surface area contributed by atoms with Gasteiger partial charge in [-0.2, -0.15) is 4.31 Å². The predicted molar refractivity (Wildman–Crippen MR) is 124 cm³/mol. The van der Waals surface area contributed by atoms with Gasteiger partial charge in [0, 0.05) is 7.05 Å². The summed E-state index contributed by atoms with van der Waals surface area (Å²) >= 11 is 0. The molecule has 0 bridgehead atoms. The molecule has 1 heterocycles. The van der Waals surface area contributed by atoms with Crippen LogP contribution in [0.5, 0.6) is 5.75 Å². The first-order valence-corrected chi connectivity index (χ1v) is 12.3. The minimum atomic E-state index is -3.94. The van der Waals surface area contributed by atoms with Gasteiger partial charge in [-0.3, -0.25) is 4.79 Å². The quantitative estimate of drug-likeness (QED) is 0.596. The third-order valence-electron chi connectivity index (χ3n) is 6.41. The van der Waals surface area contributed by atoms with Crippen LogP contribution in [0.15, 0.2) is 35.2 Å². The molecule has 6 nitrogen and oxygen atoms in total. The molecule has 0 N–H and O–H groups in total. The highest BCUT2D eigenvalue weighted by atomic mass is 32.2. The third kappa shape index (κ3) is 4.55. The number of hydrogen-bond donors (Lipinski definition) is 0. The maximum atomic E-state index is 13.6. The molecule has 2 aromatic carbocycles. The van der Waals surface area contributed by atoms with Gasteiger partial charge in [0.05, 0.1) is 4.90 Å². The molecule has 0 saturated heterocycles. The van der Waals surface area contributed by atoms with E-state index in [4.69, 9.17) is 9.47 Å². The van der Waals surface area contributed by atoms with Gasteiger partial charge < -0.3 is 9.47 Å². The minimum Gasteiger partial charge on any atom is -0.487 e. The van der Waals surface area contributed by atoms with Crippen LogP contribution in [0, 0.1) is 20.8 Å². The lowest BCUT2D eigenvalue weighted by Gasteiger charge is -2.36. The first-order valence-electron chi connectivity index (χ1n) is 10.9. The number of esters is 1. The monoisotopic (exact) mass is 459 g/mol. The molecule has 0 aromatic heterocycles. The van der Waals surface area contributed by atoms with E-state index in [0.29, 0.717) is 11.1 Å². The van der Waals surface area contributed by atoms with Crippen molar-refractivity contribution < 1.29 is 22.7 Å². The normalized spacial score (nSPS) is 16.2. The van der Waals surface area contributed by atoms with Gasteiger partial charge in [0.15, 0.2) is 0 Å². The standard InChI is InChI=1S/C25H33NO5S/c1-16-17(2)23(18(3)21-13-14-25(5,6)31-22(16)21)32(28,29)26(7)19(4)24(27)30-15-20-11-9-8-10-12-20/h8-12,19H,13-15H2,1-7H3. The first-order chi connectivity index (χ1) is 14.9. The molecule has 7 heteroatoms. The summed E-state index contributed by atoms with van der Waals surface area (Å²) in [6, 6.07) is 8.34. The molecule has 1 unspecified atom stereocenters. The number of ether oxygens (including phenoxy) is 2. The maximum absolute atomic E-state index is 13.6. The Labute approximate surface area is 191 Å². The number of hydrogen-bond acceptors (Lipinski definition) is 5. The van der Waals surface area contributed by atoms with Crippen molar-refractivity contribution in [2.45, 2.75) is 77.5 Å². The molecule has 1 aliphatic rings. The summed E-state index contributed by atoms with van der Waals surface area (Å²) in [4.78, 5) is 12.9. The molecule has 3 rings (SSSR count). The van der Waals surface area contributed by atoms with Crippen LogP contribution >= 0.6 is 0 Å². The number of sulfonamides is 1. The van der Waals surface area contributed by atoms with Gasteiger partial charge in [-0.15, -0.1) is 0 Å². The van der Waals surface area contributed by atoms with Crippen LogP contribution in [0.25, 0.3) is 0 Å². The largest absolute Gasteiger partial charge is 0.487 e. The number of likely N-dealkylation sites (N-methyl/N-ethyl adjacent to an activating group) is 1. The second kappa shape index (κ2) is 8.87. The number of rotatable bonds is 6. The Morgan fingerprint density at radius 2 is 1.75 bits per heavy atom. The summed E-state index contributed by atoms with van der Waals surface area (Å²) in [5.74, 6) is 0.197. The van der Waals surface area contributed by atoms with Crippen molar-refractivity contribution in [1.29, 1.82) is 0 Å². The Kier molecular flexibility index (Phi) is 6.72. The summed E-state index contributed by atoms with van der Waals surface area (Å²) in [6.45, 7) is 11.3. The van der Waals surface area contributed by atoms with Crippen LogP contribution in [0.3, 0.4) is 0 Å². The first kappa shape index (κ1) is 24.3. The van der Waals surface area contributed by atoms with E-state index >= 15 is 0 Å². The number of fused-ring (bicyclic) bond motifs is 1. The molecule has 1 aliphatic heterocycles. The summed E-state index contributed by atoms with van der Waals surface area (Å²) in [5, 5.41) is 0. The fourth-order valence-electron chi connectivity index (χ4n) is 4.08. The van der Waals surface area contributed by atoms with Crippen molar-refractivity contribution in [3.05, 3.63) is 58.1 Å². The molecule has 1 atom stereocenters. The van der Waals surface area contributed by atoms with E-state index < -0.39 is 22.0 Å². The zero-order valence-electron chi connectivity index (χ0n) is 20.0. The van der Waals surface area contributed by atoms with Gasteiger partial charge in [0.1, 0.15) is 24.0 Å². The second-order valence-electron chi connectivity index (χ2n) is 9.16. The number of benzene rings is 2. The Bertz CT molecular complexity index is 1120. The van der Waals surface area contributed by atoms with E-state index in [2.05, 4.69) is 0 Å². The number of carbonyl (C=O) groups is 1. The molecule has 2 aromatic rings. The van der Waals surface area contributed by atoms with Crippen LogP contribution in [0.4, 0.5) is 0 Å². The van der Waals surface area contributed by atoms with Crippen molar-refractivity contribution in [3.8, 4) is 5.75 Å². The zero-order chi connectivity index (χ0) is 23.8. The topological polar surface area (TPSA) is 72.9 Å². The van der Waals surface area contributed by atoms with E-state index in [-0.39, 0.29) is 17.1 Å². The van der Waals surface area contributed by atoms with E-state index in [1.54, 1.807) is 13.8 Å². The summed E-state index contributed by atoms with van der Waals surface area (Å²) in [5.41, 5.74) is 3.65. The Morgan fingerprint density at radius 1 is 1.12 bits per heavy atom. The minimum absolute atomic E-state index is 0.0982. The smallest absolute Gasteiger partial charge is 0.324 e. The molecule has 32 heavy (non-hydrogen) atoms. The highest BCUT2D eigenvalue weighted by Gasteiger charge is 2.37. The van der Waals surface area contributed by atoms with Crippen LogP contribution < -0.4 is 4.74 Å². The van der Waals surface area contributed by atoms with Crippen molar-refractivity contribution >= 4 is 16.0 Å². The lowest BCUT2D eigenvalue weighted by Crippen LogP contribution is -2.42. The van der Waals surface area contributed by atoms with Gasteiger partial charge in [0.25, 0.3) is 0 Å². The van der Waals surface area contributed by atoms with Crippen molar-refractivity contribution in [2.75, 3.05) is 7.05 Å². The lowest BCUT2D eigenvalue weighted by molar-refractivity contribution is -0.148. The van der Waals surface area contributed by atoms with Crippen LogP contribution in [0.1, 0.15) is 55.0 Å². The molecular formula is C25H33NO5S. The Hall–Kier alpha value is -2.38. The SMILES string of the molecule is Cc1c(C)c(S(=O)(=O)N(C)C(C)C(=O)OCc2ccccc2)c(C)c2c1OC(C)(C)CC2. The second-order valence-corrected chi connectivity index (χ2v) is 11.1. The maximum Gasteiger partial charge on any atom is 0.324 e. The lowest BCUT2D eigenvalue weighted by atomic mass is 9.88. The summed E-state index contributed by atoms with van der Waals surface area (Å²) in [6.07, 6.45) is 1.55. The van der Waals surface area contributed by atoms with Gasteiger partial charge in [-0.05, 0) is 82.2 Å². The molecule has 0 amide bonds. The molecule has 174 valence electrons. The highest BCUT2D eigenvalue weighted by molar-refractivity contribution is 7.89. The molecule has 0 radical (unpaired) electrons. The van der Waals surface area contributed by atoms with Gasteiger partial charge in [-0.1, -0.05) is 30.3 Å². The number of carbonyl (C=O) groups excluding carboxylic acids is 1. The molecule has 0 spiro atoms. The van der Waals surface area contributed by atoms with E-state index in [1.807, 2.05) is 58.0 Å². The predicted octanol–water partition coefficient (Wildman–Crippen LogP) is 4.47. The van der Waals surface area contributed by atoms with Crippen LogP contribution in [0.2, 0.25) is 0 Å². The molecular weight excluding hydrogens is 426 g/mol. The van der Waals surface area contributed by atoms with Gasteiger partial charge >= 0.3 is 5.97 Å². The summed E-state index contributed by atoms with van der Waals surface area (Å²) < 4.78 is 40.0. The van der Waals surface area contributed by atoms with Crippen molar-refractivity contribution in [2.24, 2.45) is 0 Å². The Balaban J connectivity index is 1.90. The van der Waals surface area contributed by atoms with Crippen molar-refractivity contribution in [1.82, 2.24) is 4.31 Å².